The van der Waals surface area contributed by atoms with E-state index in [-0.39, 0.29) is 22.7 Å². The van der Waals surface area contributed by atoms with Crippen molar-refractivity contribution >= 4 is 21.5 Å². The molecule has 0 atom stereocenters. The lowest BCUT2D eigenvalue weighted by molar-refractivity contribution is -0.140. The van der Waals surface area contributed by atoms with Crippen LogP contribution in [0.1, 0.15) is 120 Å². The second-order valence-electron chi connectivity index (χ2n) is 16.1. The molecule has 47 heavy (non-hydrogen) atoms. The minimum atomic E-state index is -4.55. The van der Waals surface area contributed by atoms with Crippen LogP contribution in [-0.4, -0.2) is 6.18 Å². The molecule has 0 saturated heterocycles. The van der Waals surface area contributed by atoms with Gasteiger partial charge < -0.3 is 0 Å². The zero-order valence-corrected chi connectivity index (χ0v) is 29.4. The Bertz CT molecular complexity index is 1900. The number of fused-ring (bicyclic) bond motifs is 6. The SMILES string of the molecule is CC(C)c1cccc2c3cc(C(C)(C)C)ccc3c(C(c3c4cc(C(C)C)cccc-4c4cc(C(C)(C)C)ccc34)C(F)(F)F)c-2c1. The van der Waals surface area contributed by atoms with Crippen LogP contribution in [0.4, 0.5) is 13.2 Å². The zero-order valence-electron chi connectivity index (χ0n) is 29.4. The van der Waals surface area contributed by atoms with E-state index >= 15 is 13.2 Å². The van der Waals surface area contributed by atoms with E-state index in [1.165, 1.54) is 0 Å². The molecule has 0 radical (unpaired) electrons. The average Bonchev–Trinajstić information content (AvgIpc) is 3.18. The molecule has 0 aliphatic heterocycles. The summed E-state index contributed by atoms with van der Waals surface area (Å²) in [5.41, 5.74) is 7.77. The molecule has 0 unspecified atom stereocenters. The lowest BCUT2D eigenvalue weighted by Gasteiger charge is -2.24. The summed E-state index contributed by atoms with van der Waals surface area (Å²) in [5.74, 6) is -1.50. The quantitative estimate of drug-likeness (QED) is 0.181. The third-order valence-electron chi connectivity index (χ3n) is 10.1. The molecule has 2 aromatic carbocycles. The van der Waals surface area contributed by atoms with Gasteiger partial charge in [-0.2, -0.15) is 13.2 Å². The third-order valence-corrected chi connectivity index (χ3v) is 10.1. The van der Waals surface area contributed by atoms with Crippen LogP contribution in [0.3, 0.4) is 0 Å². The van der Waals surface area contributed by atoms with Gasteiger partial charge in [0.25, 0.3) is 0 Å². The second kappa shape index (κ2) is 11.4. The highest BCUT2D eigenvalue weighted by molar-refractivity contribution is 6.10. The maximum atomic E-state index is 16.2. The van der Waals surface area contributed by atoms with Crippen LogP contribution in [0.15, 0.2) is 84.9 Å². The maximum Gasteiger partial charge on any atom is 0.399 e. The first-order chi connectivity index (χ1) is 21.9. The van der Waals surface area contributed by atoms with E-state index < -0.39 is 12.1 Å². The van der Waals surface area contributed by atoms with Crippen LogP contribution in [-0.2, 0) is 10.8 Å². The summed E-state index contributed by atoms with van der Waals surface area (Å²) in [7, 11) is 0. The number of hydrogen-bond donors (Lipinski definition) is 0. The summed E-state index contributed by atoms with van der Waals surface area (Å²) in [5, 5.41) is 3.11. The smallest absolute Gasteiger partial charge is 0.170 e. The topological polar surface area (TPSA) is 0 Å². The molecule has 6 rings (SSSR count). The van der Waals surface area contributed by atoms with Crippen molar-refractivity contribution in [2.75, 3.05) is 0 Å². The fourth-order valence-corrected chi connectivity index (χ4v) is 7.23. The highest BCUT2D eigenvalue weighted by Gasteiger charge is 2.47. The van der Waals surface area contributed by atoms with Crippen molar-refractivity contribution in [2.24, 2.45) is 0 Å². The molecule has 0 N–H and O–H groups in total. The molecular formula is C44H47F3. The predicted molar refractivity (Wildman–Crippen MR) is 195 cm³/mol. The van der Waals surface area contributed by atoms with Gasteiger partial charge in [0, 0.05) is 0 Å². The van der Waals surface area contributed by atoms with Gasteiger partial charge in [-0.25, -0.2) is 0 Å². The van der Waals surface area contributed by atoms with Gasteiger partial charge in [-0.15, -0.1) is 0 Å². The van der Waals surface area contributed by atoms with E-state index in [0.29, 0.717) is 33.0 Å². The first kappa shape index (κ1) is 33.1. The highest BCUT2D eigenvalue weighted by atomic mass is 19.4. The minimum absolute atomic E-state index is 0.147. The highest BCUT2D eigenvalue weighted by Crippen LogP contribution is 2.56. The Morgan fingerprint density at radius 2 is 0.830 bits per heavy atom. The van der Waals surface area contributed by atoms with Crippen LogP contribution >= 0.6 is 0 Å². The van der Waals surface area contributed by atoms with E-state index in [2.05, 4.69) is 81.4 Å². The number of rotatable bonds is 4. The Hall–Kier alpha value is -3.85. The van der Waals surface area contributed by atoms with E-state index in [4.69, 9.17) is 0 Å². The maximum absolute atomic E-state index is 16.2. The number of hydrogen-bond acceptors (Lipinski definition) is 0. The van der Waals surface area contributed by atoms with Gasteiger partial charge in [-0.1, -0.05) is 142 Å². The van der Waals surface area contributed by atoms with Crippen molar-refractivity contribution in [3.05, 3.63) is 118 Å². The second-order valence-corrected chi connectivity index (χ2v) is 16.1. The average molecular weight is 633 g/mol. The lowest BCUT2D eigenvalue weighted by atomic mass is 9.83. The van der Waals surface area contributed by atoms with Crippen molar-refractivity contribution < 1.29 is 13.2 Å². The van der Waals surface area contributed by atoms with Crippen LogP contribution < -0.4 is 0 Å². The first-order valence-electron chi connectivity index (χ1n) is 16.9. The minimum Gasteiger partial charge on any atom is -0.170 e. The molecule has 4 aliphatic rings. The fraction of sp³-hybridized carbons (Fsp3) is 0.364. The van der Waals surface area contributed by atoms with Crippen molar-refractivity contribution in [1.29, 1.82) is 0 Å². The normalized spacial score (nSPS) is 13.4. The Morgan fingerprint density at radius 3 is 1.15 bits per heavy atom. The van der Waals surface area contributed by atoms with Crippen molar-refractivity contribution in [3.8, 4) is 22.3 Å². The van der Waals surface area contributed by atoms with E-state index in [0.717, 1.165) is 44.2 Å². The van der Waals surface area contributed by atoms with Gasteiger partial charge >= 0.3 is 6.18 Å². The zero-order chi connectivity index (χ0) is 34.2. The molecule has 0 bridgehead atoms. The molecule has 4 aliphatic carbocycles. The molecule has 0 saturated carbocycles. The Kier molecular flexibility index (Phi) is 8.02. The lowest BCUT2D eigenvalue weighted by Crippen LogP contribution is -2.22. The van der Waals surface area contributed by atoms with Gasteiger partial charge in [0.2, 0.25) is 0 Å². The fourth-order valence-electron chi connectivity index (χ4n) is 7.23. The molecule has 244 valence electrons. The van der Waals surface area contributed by atoms with Crippen molar-refractivity contribution in [3.63, 3.8) is 0 Å². The van der Waals surface area contributed by atoms with Gasteiger partial charge in [-0.3, -0.25) is 0 Å². The summed E-state index contributed by atoms with van der Waals surface area (Å²) in [6, 6.07) is 28.4. The molecular weight excluding hydrogens is 585 g/mol. The van der Waals surface area contributed by atoms with Gasteiger partial charge in [0.05, 0.1) is 0 Å². The van der Waals surface area contributed by atoms with E-state index in [1.807, 2.05) is 72.8 Å². The molecule has 2 aromatic rings. The Balaban J connectivity index is 1.81. The molecule has 0 aromatic heterocycles. The molecule has 3 heteroatoms. The summed E-state index contributed by atoms with van der Waals surface area (Å²) >= 11 is 0. The van der Waals surface area contributed by atoms with Gasteiger partial charge in [-0.05, 0) is 112 Å². The number of alkyl halides is 3. The monoisotopic (exact) mass is 632 g/mol. The van der Waals surface area contributed by atoms with Crippen LogP contribution in [0.5, 0.6) is 0 Å². The van der Waals surface area contributed by atoms with E-state index in [9.17, 15) is 0 Å². The number of halogens is 3. The molecule has 0 heterocycles. The Labute approximate surface area is 278 Å². The van der Waals surface area contributed by atoms with Gasteiger partial charge in [0.15, 0.2) is 0 Å². The number of benzene rings is 2. The largest absolute Gasteiger partial charge is 0.399 e. The standard InChI is InChI=1S/C44H47F3/c1-25(2)27-13-11-15-31-35-23-29(42(5,6)7)17-19-33(35)39(37(31)21-27)41(44(45,46)47)40-34-20-18-30(43(8,9)10)24-36(34)32-16-12-14-28(26(3)4)22-38(32)40/h11-26,41H,1-10H3. The summed E-state index contributed by atoms with van der Waals surface area (Å²) < 4.78 is 48.6. The van der Waals surface area contributed by atoms with Crippen molar-refractivity contribution in [2.45, 2.75) is 104 Å². The summed E-state index contributed by atoms with van der Waals surface area (Å²) in [6.45, 7) is 21.3. The summed E-state index contributed by atoms with van der Waals surface area (Å²) in [6.07, 6.45) is -4.55. The van der Waals surface area contributed by atoms with Crippen LogP contribution in [0, 0.1) is 0 Å². The van der Waals surface area contributed by atoms with Crippen LogP contribution in [0.2, 0.25) is 0 Å². The summed E-state index contributed by atoms with van der Waals surface area (Å²) in [4.78, 5) is 0. The van der Waals surface area contributed by atoms with Crippen LogP contribution in [0.25, 0.3) is 43.8 Å². The van der Waals surface area contributed by atoms with Gasteiger partial charge in [0.1, 0.15) is 5.92 Å². The van der Waals surface area contributed by atoms with E-state index in [1.54, 1.807) is 0 Å². The third kappa shape index (κ3) is 5.81. The molecule has 0 fully saturated rings. The molecule has 0 nitrogen and oxygen atoms in total. The Morgan fingerprint density at radius 1 is 0.447 bits per heavy atom. The predicted octanol–water partition coefficient (Wildman–Crippen LogP) is 13.7. The molecule has 0 amide bonds. The molecule has 0 spiro atoms. The first-order valence-corrected chi connectivity index (χ1v) is 16.9. The van der Waals surface area contributed by atoms with Crippen molar-refractivity contribution in [1.82, 2.24) is 0 Å².